The molecule has 1 aliphatic rings. The zero-order chi connectivity index (χ0) is 16.9. The first-order valence-corrected chi connectivity index (χ1v) is 9.78. The number of nitrogens with zero attached hydrogens (tertiary/aromatic N) is 2. The summed E-state index contributed by atoms with van der Waals surface area (Å²) in [6.45, 7) is 6.54. The van der Waals surface area contributed by atoms with Crippen LogP contribution in [0.4, 0.5) is 4.79 Å². The van der Waals surface area contributed by atoms with Crippen LogP contribution < -0.4 is 4.90 Å². The summed E-state index contributed by atoms with van der Waals surface area (Å²) in [7, 11) is 0. The maximum Gasteiger partial charge on any atom is 0.410 e. The second-order valence-corrected chi connectivity index (χ2v) is 7.54. The van der Waals surface area contributed by atoms with E-state index in [0.29, 0.717) is 6.61 Å². The Kier molecular flexibility index (Phi) is 5.86. The number of ether oxygens (including phenoxy) is 1. The molecule has 0 spiro atoms. The SMILES string of the molecule is CCOC(=O)N1CC[NH+](Cc2csc(-c3cccc(Br)c3)n2)CC1. The summed E-state index contributed by atoms with van der Waals surface area (Å²) in [4.78, 5) is 19.8. The van der Waals surface area contributed by atoms with E-state index in [1.807, 2.05) is 19.1 Å². The summed E-state index contributed by atoms with van der Waals surface area (Å²) in [5, 5.41) is 3.19. The lowest BCUT2D eigenvalue weighted by atomic mass is 10.2. The highest BCUT2D eigenvalue weighted by Crippen LogP contribution is 2.25. The molecule has 128 valence electrons. The lowest BCUT2D eigenvalue weighted by Crippen LogP contribution is -3.13. The van der Waals surface area contributed by atoms with E-state index in [1.165, 1.54) is 4.90 Å². The highest BCUT2D eigenvalue weighted by atomic mass is 79.9. The number of carbonyl (C=O) groups excluding carboxylic acids is 1. The molecule has 1 saturated heterocycles. The van der Waals surface area contributed by atoms with Gasteiger partial charge in [-0.2, -0.15) is 0 Å². The number of hydrogen-bond acceptors (Lipinski definition) is 4. The van der Waals surface area contributed by atoms with Crippen molar-refractivity contribution in [1.82, 2.24) is 9.88 Å². The van der Waals surface area contributed by atoms with Gasteiger partial charge in [-0.3, -0.25) is 4.90 Å². The minimum Gasteiger partial charge on any atom is -0.450 e. The van der Waals surface area contributed by atoms with Gasteiger partial charge in [-0.1, -0.05) is 28.1 Å². The lowest BCUT2D eigenvalue weighted by molar-refractivity contribution is -0.917. The first kappa shape index (κ1) is 17.4. The van der Waals surface area contributed by atoms with E-state index < -0.39 is 0 Å². The third-order valence-electron chi connectivity index (χ3n) is 4.05. The molecule has 0 bridgehead atoms. The maximum atomic E-state index is 11.7. The first-order valence-electron chi connectivity index (χ1n) is 8.11. The number of nitrogens with one attached hydrogen (secondary N) is 1. The van der Waals surface area contributed by atoms with Crippen molar-refractivity contribution in [2.45, 2.75) is 13.5 Å². The molecule has 5 nitrogen and oxygen atoms in total. The van der Waals surface area contributed by atoms with Gasteiger partial charge in [-0.05, 0) is 19.1 Å². The van der Waals surface area contributed by atoms with E-state index in [2.05, 4.69) is 33.4 Å². The van der Waals surface area contributed by atoms with Crippen LogP contribution in [0.5, 0.6) is 0 Å². The van der Waals surface area contributed by atoms with Gasteiger partial charge in [0.05, 0.1) is 32.8 Å². The van der Waals surface area contributed by atoms with Gasteiger partial charge in [-0.15, -0.1) is 11.3 Å². The fourth-order valence-electron chi connectivity index (χ4n) is 2.80. The predicted octanol–water partition coefficient (Wildman–Crippen LogP) is 2.43. The Hall–Kier alpha value is -1.44. The van der Waals surface area contributed by atoms with Crippen molar-refractivity contribution in [3.8, 4) is 10.6 Å². The molecule has 0 saturated carbocycles. The number of aromatic nitrogens is 1. The number of quaternary nitrogens is 1. The number of hydrogen-bond donors (Lipinski definition) is 1. The summed E-state index contributed by atoms with van der Waals surface area (Å²) in [5.41, 5.74) is 2.26. The van der Waals surface area contributed by atoms with Gasteiger partial charge in [0.1, 0.15) is 17.2 Å². The monoisotopic (exact) mass is 410 g/mol. The molecule has 24 heavy (non-hydrogen) atoms. The van der Waals surface area contributed by atoms with E-state index in [4.69, 9.17) is 9.72 Å². The Bertz CT molecular complexity index is 699. The fraction of sp³-hybridized carbons (Fsp3) is 0.412. The van der Waals surface area contributed by atoms with Crippen molar-refractivity contribution in [2.24, 2.45) is 0 Å². The Morgan fingerprint density at radius 3 is 2.92 bits per heavy atom. The molecule has 1 aromatic heterocycles. The molecule has 1 fully saturated rings. The average Bonchev–Trinajstić information content (AvgIpc) is 3.04. The van der Waals surface area contributed by atoms with Crippen molar-refractivity contribution >= 4 is 33.4 Å². The third-order valence-corrected chi connectivity index (χ3v) is 5.48. The zero-order valence-corrected chi connectivity index (χ0v) is 16.0. The molecule has 1 N–H and O–H groups in total. The van der Waals surface area contributed by atoms with Gasteiger partial charge in [0.25, 0.3) is 0 Å². The molecule has 1 amide bonds. The van der Waals surface area contributed by atoms with Gasteiger partial charge >= 0.3 is 6.09 Å². The average molecular weight is 411 g/mol. The van der Waals surface area contributed by atoms with E-state index in [9.17, 15) is 4.79 Å². The van der Waals surface area contributed by atoms with Crippen LogP contribution in [0.2, 0.25) is 0 Å². The Labute approximate surface area is 154 Å². The highest BCUT2D eigenvalue weighted by molar-refractivity contribution is 9.10. The Balaban J connectivity index is 1.56. The van der Waals surface area contributed by atoms with Crippen LogP contribution >= 0.6 is 27.3 Å². The normalized spacial score (nSPS) is 15.5. The van der Waals surface area contributed by atoms with Crippen molar-refractivity contribution in [3.05, 3.63) is 39.8 Å². The summed E-state index contributed by atoms with van der Waals surface area (Å²) in [6.07, 6.45) is -0.192. The van der Waals surface area contributed by atoms with E-state index in [0.717, 1.165) is 53.5 Å². The standard InChI is InChI=1S/C17H20BrN3O2S/c1-2-23-17(22)21-8-6-20(7-9-21)11-15-12-24-16(19-15)13-4-3-5-14(18)10-13/h3-5,10,12H,2,6-9,11H2,1H3/p+1. The van der Waals surface area contributed by atoms with Crippen molar-refractivity contribution in [1.29, 1.82) is 0 Å². The summed E-state index contributed by atoms with van der Waals surface area (Å²) in [5.74, 6) is 0. The van der Waals surface area contributed by atoms with Crippen LogP contribution in [0.15, 0.2) is 34.1 Å². The van der Waals surface area contributed by atoms with E-state index in [1.54, 1.807) is 16.2 Å². The molecule has 0 radical (unpaired) electrons. The lowest BCUT2D eigenvalue weighted by Gasteiger charge is -2.31. The van der Waals surface area contributed by atoms with Crippen molar-refractivity contribution in [2.75, 3.05) is 32.8 Å². The Morgan fingerprint density at radius 1 is 1.42 bits per heavy atom. The maximum absolute atomic E-state index is 11.7. The number of carbonyl (C=O) groups is 1. The number of halogens is 1. The van der Waals surface area contributed by atoms with E-state index in [-0.39, 0.29) is 6.09 Å². The summed E-state index contributed by atoms with van der Waals surface area (Å²) in [6, 6.07) is 8.22. The van der Waals surface area contributed by atoms with Crippen molar-refractivity contribution < 1.29 is 14.4 Å². The first-order chi connectivity index (χ1) is 11.7. The molecular weight excluding hydrogens is 390 g/mol. The van der Waals surface area contributed by atoms with Gasteiger partial charge in [-0.25, -0.2) is 9.78 Å². The minimum absolute atomic E-state index is 0.192. The second kappa shape index (κ2) is 8.09. The number of amides is 1. The molecule has 3 rings (SSSR count). The van der Waals surface area contributed by atoms with Gasteiger partial charge < -0.3 is 9.64 Å². The molecule has 2 aromatic rings. The number of thiazole rings is 1. The molecule has 0 aliphatic carbocycles. The molecule has 2 heterocycles. The molecule has 0 unspecified atom stereocenters. The van der Waals surface area contributed by atoms with Crippen LogP contribution in [-0.2, 0) is 11.3 Å². The molecule has 1 aliphatic heterocycles. The van der Waals surface area contributed by atoms with Crippen LogP contribution in [0.25, 0.3) is 10.6 Å². The Morgan fingerprint density at radius 2 is 2.21 bits per heavy atom. The van der Waals surface area contributed by atoms with Crippen LogP contribution in [0.3, 0.4) is 0 Å². The quantitative estimate of drug-likeness (QED) is 0.841. The van der Waals surface area contributed by atoms with Crippen LogP contribution in [-0.4, -0.2) is 48.8 Å². The smallest absolute Gasteiger partial charge is 0.410 e. The second-order valence-electron chi connectivity index (χ2n) is 5.77. The number of benzene rings is 1. The molecule has 7 heteroatoms. The summed E-state index contributed by atoms with van der Waals surface area (Å²) >= 11 is 5.19. The topological polar surface area (TPSA) is 46.9 Å². The van der Waals surface area contributed by atoms with Crippen LogP contribution in [0.1, 0.15) is 12.6 Å². The van der Waals surface area contributed by atoms with Gasteiger partial charge in [0, 0.05) is 15.4 Å². The van der Waals surface area contributed by atoms with Crippen molar-refractivity contribution in [3.63, 3.8) is 0 Å². The van der Waals surface area contributed by atoms with Gasteiger partial charge in [0.2, 0.25) is 0 Å². The van der Waals surface area contributed by atoms with Crippen LogP contribution in [0, 0.1) is 0 Å². The third kappa shape index (κ3) is 4.34. The molecule has 1 aromatic carbocycles. The fourth-order valence-corrected chi connectivity index (χ4v) is 4.01. The zero-order valence-electron chi connectivity index (χ0n) is 13.6. The number of piperazine rings is 1. The number of rotatable bonds is 4. The molecule has 0 atom stereocenters. The minimum atomic E-state index is -0.192. The highest BCUT2D eigenvalue weighted by Gasteiger charge is 2.25. The largest absolute Gasteiger partial charge is 0.450 e. The predicted molar refractivity (Wildman–Crippen MR) is 98.2 cm³/mol. The summed E-state index contributed by atoms with van der Waals surface area (Å²) < 4.78 is 6.13. The van der Waals surface area contributed by atoms with Gasteiger partial charge in [0.15, 0.2) is 0 Å². The molecular formula is C17H21BrN3O2S+. The van der Waals surface area contributed by atoms with E-state index >= 15 is 0 Å².